The monoisotopic (exact) mass is 332 g/mol. The highest BCUT2D eigenvalue weighted by Crippen LogP contribution is 2.38. The Morgan fingerprint density at radius 3 is 2.71 bits per heavy atom. The first kappa shape index (κ1) is 17.4. The molecule has 0 aliphatic carbocycles. The number of urea groups is 1. The molecule has 1 aliphatic heterocycles. The maximum absolute atomic E-state index is 12.4. The lowest BCUT2D eigenvalue weighted by Crippen LogP contribution is -2.45. The van der Waals surface area contributed by atoms with E-state index in [2.05, 4.69) is 17.2 Å². The topological polar surface area (TPSA) is 85.9 Å². The van der Waals surface area contributed by atoms with Gasteiger partial charge in [-0.1, -0.05) is 24.8 Å². The van der Waals surface area contributed by atoms with Crippen molar-refractivity contribution in [2.24, 2.45) is 0 Å². The van der Waals surface area contributed by atoms with E-state index in [0.717, 1.165) is 0 Å². The Morgan fingerprint density at radius 2 is 2.08 bits per heavy atom. The van der Waals surface area contributed by atoms with Gasteiger partial charge in [0.1, 0.15) is 6.61 Å². The first-order chi connectivity index (χ1) is 11.5. The van der Waals surface area contributed by atoms with E-state index in [1.165, 1.54) is 20.3 Å². The van der Waals surface area contributed by atoms with Gasteiger partial charge in [0.25, 0.3) is 0 Å². The molecular weight excluding hydrogens is 312 g/mol. The molecule has 7 nitrogen and oxygen atoms in total. The van der Waals surface area contributed by atoms with Gasteiger partial charge in [0.15, 0.2) is 11.5 Å². The van der Waals surface area contributed by atoms with Crippen LogP contribution in [0, 0.1) is 0 Å². The maximum atomic E-state index is 12.4. The number of carbonyl (C=O) groups is 2. The molecule has 0 aromatic heterocycles. The molecule has 1 aromatic rings. The van der Waals surface area contributed by atoms with Gasteiger partial charge in [-0.05, 0) is 13.0 Å². The van der Waals surface area contributed by atoms with E-state index in [-0.39, 0.29) is 6.61 Å². The lowest BCUT2D eigenvalue weighted by atomic mass is 9.94. The van der Waals surface area contributed by atoms with E-state index in [0.29, 0.717) is 28.3 Å². The predicted octanol–water partition coefficient (Wildman–Crippen LogP) is 2.06. The molecule has 24 heavy (non-hydrogen) atoms. The highest BCUT2D eigenvalue weighted by atomic mass is 16.5. The summed E-state index contributed by atoms with van der Waals surface area (Å²) < 4.78 is 15.8. The number of methoxy groups -OCH3 is 2. The van der Waals surface area contributed by atoms with E-state index < -0.39 is 18.0 Å². The van der Waals surface area contributed by atoms with E-state index in [1.807, 2.05) is 0 Å². The van der Waals surface area contributed by atoms with Gasteiger partial charge >= 0.3 is 12.0 Å². The average molecular weight is 332 g/mol. The molecule has 2 rings (SSSR count). The van der Waals surface area contributed by atoms with Crippen LogP contribution >= 0.6 is 0 Å². The fourth-order valence-corrected chi connectivity index (χ4v) is 2.55. The lowest BCUT2D eigenvalue weighted by Gasteiger charge is -2.29. The van der Waals surface area contributed by atoms with Crippen LogP contribution in [-0.4, -0.2) is 32.8 Å². The van der Waals surface area contributed by atoms with Crippen LogP contribution in [0.5, 0.6) is 11.5 Å². The summed E-state index contributed by atoms with van der Waals surface area (Å²) in [5.41, 5.74) is 1.31. The van der Waals surface area contributed by atoms with Gasteiger partial charge < -0.3 is 24.8 Å². The number of nitrogens with one attached hydrogen (secondary N) is 2. The lowest BCUT2D eigenvalue weighted by molar-refractivity contribution is -0.138. The third-order valence-corrected chi connectivity index (χ3v) is 3.57. The van der Waals surface area contributed by atoms with E-state index >= 15 is 0 Å². The number of hydrogen-bond acceptors (Lipinski definition) is 5. The fourth-order valence-electron chi connectivity index (χ4n) is 2.55. The third-order valence-electron chi connectivity index (χ3n) is 3.57. The van der Waals surface area contributed by atoms with Crippen molar-refractivity contribution in [1.82, 2.24) is 10.6 Å². The zero-order chi connectivity index (χ0) is 17.7. The van der Waals surface area contributed by atoms with Crippen LogP contribution in [-0.2, 0) is 9.53 Å². The molecule has 2 N–H and O–H groups in total. The molecule has 1 aromatic carbocycles. The summed E-state index contributed by atoms with van der Waals surface area (Å²) in [6.45, 7) is 5.24. The summed E-state index contributed by atoms with van der Waals surface area (Å²) in [6.07, 6.45) is 1.48. The summed E-state index contributed by atoms with van der Waals surface area (Å²) >= 11 is 0. The average Bonchev–Trinajstić information content (AvgIpc) is 2.58. The first-order valence-electron chi connectivity index (χ1n) is 7.30. The van der Waals surface area contributed by atoms with Gasteiger partial charge in [-0.25, -0.2) is 9.59 Å². The molecule has 1 unspecified atom stereocenters. The zero-order valence-corrected chi connectivity index (χ0v) is 13.8. The zero-order valence-electron chi connectivity index (χ0n) is 13.8. The highest BCUT2D eigenvalue weighted by Gasteiger charge is 2.34. The van der Waals surface area contributed by atoms with Gasteiger partial charge in [0.2, 0.25) is 0 Å². The standard InChI is InChI=1S/C17H20N2O5/c1-5-9-24-16(20)13-10(2)18-17(21)19-14(13)11-7-6-8-12(22-3)15(11)23-4/h5-8,14H,1,9H2,2-4H3,(H2,18,19,21). The van der Waals surface area contributed by atoms with E-state index in [9.17, 15) is 9.59 Å². The van der Waals surface area contributed by atoms with Crippen molar-refractivity contribution in [3.63, 3.8) is 0 Å². The SMILES string of the molecule is C=CCOC(=O)C1=C(C)NC(=O)NC1c1cccc(OC)c1OC. The summed E-state index contributed by atoms with van der Waals surface area (Å²) in [6, 6.07) is 4.11. The van der Waals surface area contributed by atoms with Crippen LogP contribution in [0.25, 0.3) is 0 Å². The van der Waals surface area contributed by atoms with Crippen LogP contribution in [0.3, 0.4) is 0 Å². The molecule has 1 heterocycles. The van der Waals surface area contributed by atoms with Crippen molar-refractivity contribution in [3.8, 4) is 11.5 Å². The third kappa shape index (κ3) is 3.34. The molecule has 1 aliphatic rings. The Labute approximate surface area is 140 Å². The van der Waals surface area contributed by atoms with Crippen molar-refractivity contribution in [3.05, 3.63) is 47.7 Å². The van der Waals surface area contributed by atoms with Crippen LogP contribution in [0.1, 0.15) is 18.5 Å². The largest absolute Gasteiger partial charge is 0.493 e. The number of ether oxygens (including phenoxy) is 3. The van der Waals surface area contributed by atoms with Crippen LogP contribution in [0.4, 0.5) is 4.79 Å². The van der Waals surface area contributed by atoms with Gasteiger partial charge in [-0.2, -0.15) is 0 Å². The molecule has 0 bridgehead atoms. The summed E-state index contributed by atoms with van der Waals surface area (Å²) in [7, 11) is 3.01. The quantitative estimate of drug-likeness (QED) is 0.615. The second kappa shape index (κ2) is 7.54. The minimum Gasteiger partial charge on any atom is -0.493 e. The number of esters is 1. The molecular formula is C17H20N2O5. The molecule has 0 spiro atoms. The van der Waals surface area contributed by atoms with Crippen LogP contribution in [0.15, 0.2) is 42.1 Å². The van der Waals surface area contributed by atoms with Crippen molar-refractivity contribution >= 4 is 12.0 Å². The Bertz CT molecular complexity index is 696. The number of benzene rings is 1. The Kier molecular flexibility index (Phi) is 5.47. The molecule has 128 valence electrons. The van der Waals surface area contributed by atoms with Crippen LogP contribution in [0.2, 0.25) is 0 Å². The van der Waals surface area contributed by atoms with Gasteiger partial charge in [-0.3, -0.25) is 0 Å². The molecule has 2 amide bonds. The normalized spacial score (nSPS) is 16.8. The molecule has 0 saturated heterocycles. The van der Waals surface area contributed by atoms with Crippen molar-refractivity contribution in [2.75, 3.05) is 20.8 Å². The van der Waals surface area contributed by atoms with Gasteiger partial charge in [-0.15, -0.1) is 0 Å². The molecule has 0 fully saturated rings. The van der Waals surface area contributed by atoms with E-state index in [1.54, 1.807) is 25.1 Å². The molecule has 1 atom stereocenters. The second-order valence-corrected chi connectivity index (χ2v) is 5.04. The Balaban J connectivity index is 2.53. The minimum atomic E-state index is -0.721. The van der Waals surface area contributed by atoms with Gasteiger partial charge in [0, 0.05) is 11.3 Å². The summed E-state index contributed by atoms with van der Waals surface area (Å²) in [4.78, 5) is 24.3. The Morgan fingerprint density at radius 1 is 1.33 bits per heavy atom. The second-order valence-electron chi connectivity index (χ2n) is 5.04. The number of amides is 2. The van der Waals surface area contributed by atoms with Gasteiger partial charge in [0.05, 0.1) is 25.8 Å². The number of rotatable bonds is 6. The number of hydrogen-bond donors (Lipinski definition) is 2. The molecule has 0 radical (unpaired) electrons. The summed E-state index contributed by atoms with van der Waals surface area (Å²) in [5.74, 6) is 0.392. The maximum Gasteiger partial charge on any atom is 0.338 e. The van der Waals surface area contributed by atoms with Crippen molar-refractivity contribution in [2.45, 2.75) is 13.0 Å². The highest BCUT2D eigenvalue weighted by molar-refractivity contribution is 5.95. The summed E-state index contributed by atoms with van der Waals surface area (Å²) in [5, 5.41) is 5.31. The van der Waals surface area contributed by atoms with E-state index in [4.69, 9.17) is 14.2 Å². The fraction of sp³-hybridized carbons (Fsp3) is 0.294. The number of allylic oxidation sites excluding steroid dienone is 1. The minimum absolute atomic E-state index is 0.0749. The number of para-hydroxylation sites is 1. The predicted molar refractivity (Wildman–Crippen MR) is 87.8 cm³/mol. The smallest absolute Gasteiger partial charge is 0.338 e. The molecule has 7 heteroatoms. The number of carbonyl (C=O) groups excluding carboxylic acids is 2. The Hall–Kier alpha value is -2.96. The first-order valence-corrected chi connectivity index (χ1v) is 7.30. The van der Waals surface area contributed by atoms with Crippen LogP contribution < -0.4 is 20.1 Å². The molecule has 0 saturated carbocycles. The van der Waals surface area contributed by atoms with Crippen molar-refractivity contribution < 1.29 is 23.8 Å². The van der Waals surface area contributed by atoms with Crippen molar-refractivity contribution in [1.29, 1.82) is 0 Å².